The summed E-state index contributed by atoms with van der Waals surface area (Å²) in [4.78, 5) is 0. The third-order valence-corrected chi connectivity index (χ3v) is 2.99. The van der Waals surface area contributed by atoms with Gasteiger partial charge in [0, 0.05) is 5.02 Å². The summed E-state index contributed by atoms with van der Waals surface area (Å²) in [5, 5.41) is 0.805. The van der Waals surface area contributed by atoms with E-state index in [0.717, 1.165) is 17.9 Å². The molecule has 0 nitrogen and oxygen atoms in total. The summed E-state index contributed by atoms with van der Waals surface area (Å²) in [6, 6.07) is 16.8. The molecule has 0 saturated heterocycles. The van der Waals surface area contributed by atoms with E-state index in [0.29, 0.717) is 0 Å². The summed E-state index contributed by atoms with van der Waals surface area (Å²) in [7, 11) is 0. The van der Waals surface area contributed by atoms with Gasteiger partial charge >= 0.3 is 0 Å². The predicted octanol–water partition coefficient (Wildman–Crippen LogP) is 4.43. The molecule has 0 bridgehead atoms. The van der Waals surface area contributed by atoms with E-state index in [1.54, 1.807) is 0 Å². The van der Waals surface area contributed by atoms with Crippen LogP contribution in [0.2, 0.25) is 5.02 Å². The summed E-state index contributed by atoms with van der Waals surface area (Å²) in [5.41, 5.74) is 4.04. The fourth-order valence-corrected chi connectivity index (χ4v) is 1.82. The molecule has 0 fully saturated rings. The van der Waals surface area contributed by atoms with Crippen molar-refractivity contribution < 1.29 is 0 Å². The van der Waals surface area contributed by atoms with Gasteiger partial charge in [-0.2, -0.15) is 0 Å². The van der Waals surface area contributed by atoms with Gasteiger partial charge in [-0.1, -0.05) is 53.6 Å². The molecule has 2 rings (SSSR count). The second-order valence-corrected chi connectivity index (χ2v) is 4.55. The largest absolute Gasteiger partial charge is 0.0843 e. The van der Waals surface area contributed by atoms with Crippen molar-refractivity contribution in [3.05, 3.63) is 70.2 Å². The maximum atomic E-state index is 5.85. The lowest BCUT2D eigenvalue weighted by Gasteiger charge is -2.03. The van der Waals surface area contributed by atoms with E-state index in [9.17, 15) is 0 Å². The fraction of sp³-hybridized carbons (Fsp3) is 0.200. The Morgan fingerprint density at radius 3 is 1.69 bits per heavy atom. The number of rotatable bonds is 3. The van der Waals surface area contributed by atoms with Gasteiger partial charge in [0.1, 0.15) is 0 Å². The number of halogens is 1. The smallest absolute Gasteiger partial charge is 0.0406 e. The molecule has 0 radical (unpaired) electrons. The first-order chi connectivity index (χ1) is 7.74. The summed E-state index contributed by atoms with van der Waals surface area (Å²) in [5.74, 6) is 0. The van der Waals surface area contributed by atoms with Crippen LogP contribution in [0, 0.1) is 6.92 Å². The molecule has 0 amide bonds. The lowest BCUT2D eigenvalue weighted by Crippen LogP contribution is -1.90. The fourth-order valence-electron chi connectivity index (χ4n) is 1.69. The minimum Gasteiger partial charge on any atom is -0.0843 e. The summed E-state index contributed by atoms with van der Waals surface area (Å²) >= 11 is 5.85. The van der Waals surface area contributed by atoms with E-state index < -0.39 is 0 Å². The highest BCUT2D eigenvalue weighted by Crippen LogP contribution is 2.12. The van der Waals surface area contributed by atoms with Crippen LogP contribution >= 0.6 is 11.6 Å². The predicted molar refractivity (Wildman–Crippen MR) is 70.0 cm³/mol. The van der Waals surface area contributed by atoms with E-state index in [4.69, 9.17) is 11.6 Å². The van der Waals surface area contributed by atoms with Crippen molar-refractivity contribution in [2.45, 2.75) is 19.8 Å². The van der Waals surface area contributed by atoms with Gasteiger partial charge in [-0.25, -0.2) is 0 Å². The SMILES string of the molecule is Cc1ccc(CCc2ccc(Cl)cc2)cc1. The Labute approximate surface area is 102 Å². The second-order valence-electron chi connectivity index (χ2n) is 4.11. The quantitative estimate of drug-likeness (QED) is 0.732. The highest BCUT2D eigenvalue weighted by atomic mass is 35.5. The van der Waals surface area contributed by atoms with Crippen LogP contribution in [-0.4, -0.2) is 0 Å². The van der Waals surface area contributed by atoms with Crippen LogP contribution in [0.15, 0.2) is 48.5 Å². The minimum atomic E-state index is 0.805. The molecule has 2 aromatic rings. The third kappa shape index (κ3) is 3.11. The first-order valence-electron chi connectivity index (χ1n) is 5.54. The molecule has 0 heterocycles. The highest BCUT2D eigenvalue weighted by molar-refractivity contribution is 6.30. The first-order valence-corrected chi connectivity index (χ1v) is 5.92. The number of hydrogen-bond acceptors (Lipinski definition) is 0. The Hall–Kier alpha value is -1.27. The van der Waals surface area contributed by atoms with E-state index >= 15 is 0 Å². The standard InChI is InChI=1S/C15H15Cl/c1-12-2-4-13(5-3-12)6-7-14-8-10-15(16)11-9-14/h2-5,8-11H,6-7H2,1H3. The van der Waals surface area contributed by atoms with Crippen molar-refractivity contribution >= 4 is 11.6 Å². The Morgan fingerprint density at radius 2 is 1.19 bits per heavy atom. The second kappa shape index (κ2) is 5.18. The molecule has 2 aromatic carbocycles. The Morgan fingerprint density at radius 1 is 0.750 bits per heavy atom. The number of benzene rings is 2. The summed E-state index contributed by atoms with van der Waals surface area (Å²) in [6.07, 6.45) is 2.15. The molecule has 0 aliphatic rings. The van der Waals surface area contributed by atoms with Gasteiger partial charge < -0.3 is 0 Å². The molecule has 0 saturated carbocycles. The molecular formula is C15H15Cl. The minimum absolute atomic E-state index is 0.805. The van der Waals surface area contributed by atoms with E-state index in [1.165, 1.54) is 16.7 Å². The van der Waals surface area contributed by atoms with Crippen LogP contribution < -0.4 is 0 Å². The van der Waals surface area contributed by atoms with Gasteiger partial charge in [-0.3, -0.25) is 0 Å². The van der Waals surface area contributed by atoms with E-state index in [-0.39, 0.29) is 0 Å². The average Bonchev–Trinajstić information content (AvgIpc) is 2.30. The first kappa shape index (κ1) is 11.2. The highest BCUT2D eigenvalue weighted by Gasteiger charge is 1.96. The summed E-state index contributed by atoms with van der Waals surface area (Å²) in [6.45, 7) is 2.11. The van der Waals surface area contributed by atoms with Crippen molar-refractivity contribution in [3.63, 3.8) is 0 Å². The van der Waals surface area contributed by atoms with Crippen molar-refractivity contribution in [2.75, 3.05) is 0 Å². The van der Waals surface area contributed by atoms with Gasteiger partial charge in [0.05, 0.1) is 0 Å². The van der Waals surface area contributed by atoms with Crippen LogP contribution in [0.4, 0.5) is 0 Å². The normalized spacial score (nSPS) is 10.4. The number of aryl methyl sites for hydroxylation is 3. The monoisotopic (exact) mass is 230 g/mol. The lowest BCUT2D eigenvalue weighted by atomic mass is 10.0. The molecule has 0 aliphatic heterocycles. The molecule has 0 atom stereocenters. The molecular weight excluding hydrogens is 216 g/mol. The zero-order chi connectivity index (χ0) is 11.4. The van der Waals surface area contributed by atoms with Crippen molar-refractivity contribution in [1.82, 2.24) is 0 Å². The lowest BCUT2D eigenvalue weighted by molar-refractivity contribution is 0.959. The molecule has 0 unspecified atom stereocenters. The molecule has 1 heteroatoms. The average molecular weight is 231 g/mol. The Balaban J connectivity index is 1.97. The van der Waals surface area contributed by atoms with Crippen molar-refractivity contribution in [3.8, 4) is 0 Å². The molecule has 82 valence electrons. The molecule has 0 aliphatic carbocycles. The van der Waals surface area contributed by atoms with Crippen LogP contribution in [-0.2, 0) is 12.8 Å². The van der Waals surface area contributed by atoms with E-state index in [2.05, 4.69) is 43.3 Å². The van der Waals surface area contributed by atoms with Gasteiger partial charge in [0.15, 0.2) is 0 Å². The zero-order valence-corrected chi connectivity index (χ0v) is 10.2. The molecule has 0 N–H and O–H groups in total. The van der Waals surface area contributed by atoms with Gasteiger partial charge in [0.25, 0.3) is 0 Å². The van der Waals surface area contributed by atoms with Crippen LogP contribution in [0.25, 0.3) is 0 Å². The third-order valence-electron chi connectivity index (χ3n) is 2.74. The van der Waals surface area contributed by atoms with E-state index in [1.807, 2.05) is 12.1 Å². The van der Waals surface area contributed by atoms with Crippen molar-refractivity contribution in [1.29, 1.82) is 0 Å². The van der Waals surface area contributed by atoms with Crippen LogP contribution in [0.5, 0.6) is 0 Å². The molecule has 16 heavy (non-hydrogen) atoms. The van der Waals surface area contributed by atoms with Gasteiger partial charge in [-0.15, -0.1) is 0 Å². The maximum absolute atomic E-state index is 5.85. The Bertz CT molecular complexity index is 394. The Kier molecular flexibility index (Phi) is 3.63. The van der Waals surface area contributed by atoms with Crippen LogP contribution in [0.3, 0.4) is 0 Å². The zero-order valence-electron chi connectivity index (χ0n) is 9.41. The van der Waals surface area contributed by atoms with Gasteiger partial charge in [0.2, 0.25) is 0 Å². The molecule has 0 aromatic heterocycles. The van der Waals surface area contributed by atoms with Crippen LogP contribution in [0.1, 0.15) is 16.7 Å². The topological polar surface area (TPSA) is 0 Å². The van der Waals surface area contributed by atoms with Crippen molar-refractivity contribution in [2.24, 2.45) is 0 Å². The number of hydrogen-bond donors (Lipinski definition) is 0. The van der Waals surface area contributed by atoms with Gasteiger partial charge in [-0.05, 0) is 43.0 Å². The summed E-state index contributed by atoms with van der Waals surface area (Å²) < 4.78 is 0. The maximum Gasteiger partial charge on any atom is 0.0406 e. The molecule has 0 spiro atoms.